The number of rotatable bonds is 3. The molecule has 0 aromatic heterocycles. The molecule has 2 aromatic rings. The third-order valence-electron chi connectivity index (χ3n) is 3.10. The number of carbonyl (C=O) groups is 1. The molecule has 0 aliphatic carbocycles. The monoisotopic (exact) mass is 344 g/mol. The third kappa shape index (κ3) is 3.89. The van der Waals surface area contributed by atoms with Crippen molar-refractivity contribution in [1.82, 2.24) is 0 Å². The van der Waals surface area contributed by atoms with Crippen LogP contribution in [0.15, 0.2) is 47.4 Å². The lowest BCUT2D eigenvalue weighted by molar-refractivity contribution is -0.137. The van der Waals surface area contributed by atoms with Gasteiger partial charge in [-0.1, -0.05) is 12.1 Å². The van der Waals surface area contributed by atoms with E-state index in [2.05, 4.69) is 0 Å². The quantitative estimate of drug-likeness (QED) is 0.925. The number of alkyl halides is 3. The van der Waals surface area contributed by atoms with Gasteiger partial charge in [0, 0.05) is 6.26 Å². The summed E-state index contributed by atoms with van der Waals surface area (Å²) in [4.78, 5) is 11.0. The Morgan fingerprint density at radius 1 is 1.04 bits per heavy atom. The van der Waals surface area contributed by atoms with Crippen LogP contribution >= 0.6 is 0 Å². The van der Waals surface area contributed by atoms with E-state index in [0.717, 1.165) is 18.4 Å². The maximum Gasteiger partial charge on any atom is 0.416 e. The Kier molecular flexibility index (Phi) is 4.21. The summed E-state index contributed by atoms with van der Waals surface area (Å²) in [5.41, 5.74) is -1.49. The van der Waals surface area contributed by atoms with E-state index >= 15 is 0 Å². The van der Waals surface area contributed by atoms with E-state index in [1.807, 2.05) is 0 Å². The second kappa shape index (κ2) is 5.69. The van der Waals surface area contributed by atoms with E-state index in [1.165, 1.54) is 24.3 Å². The zero-order valence-corrected chi connectivity index (χ0v) is 12.6. The first-order valence-electron chi connectivity index (χ1n) is 6.24. The van der Waals surface area contributed by atoms with Gasteiger partial charge in [-0.05, 0) is 41.5 Å². The molecule has 8 heteroatoms. The van der Waals surface area contributed by atoms with Gasteiger partial charge in [0.1, 0.15) is 0 Å². The minimum Gasteiger partial charge on any atom is -0.478 e. The van der Waals surface area contributed by atoms with Gasteiger partial charge in [-0.25, -0.2) is 13.2 Å². The normalized spacial score (nSPS) is 12.2. The van der Waals surface area contributed by atoms with E-state index in [0.29, 0.717) is 6.07 Å². The summed E-state index contributed by atoms with van der Waals surface area (Å²) in [7, 11) is -3.54. The van der Waals surface area contributed by atoms with Crippen molar-refractivity contribution < 1.29 is 31.5 Å². The van der Waals surface area contributed by atoms with Gasteiger partial charge in [0.15, 0.2) is 9.84 Å². The molecule has 122 valence electrons. The summed E-state index contributed by atoms with van der Waals surface area (Å²) in [6, 6.07) is 7.70. The van der Waals surface area contributed by atoms with E-state index < -0.39 is 33.1 Å². The summed E-state index contributed by atoms with van der Waals surface area (Å²) in [5.74, 6) is -1.50. The molecule has 0 heterocycles. The van der Waals surface area contributed by atoms with E-state index in [4.69, 9.17) is 5.11 Å². The zero-order chi connectivity index (χ0) is 17.4. The number of hydrogen-bond donors (Lipinski definition) is 1. The molecule has 0 aliphatic heterocycles. The van der Waals surface area contributed by atoms with Crippen LogP contribution in [0.1, 0.15) is 15.9 Å². The molecule has 0 spiro atoms. The van der Waals surface area contributed by atoms with Crippen LogP contribution in [0.5, 0.6) is 0 Å². The van der Waals surface area contributed by atoms with Crippen LogP contribution in [0.4, 0.5) is 13.2 Å². The highest BCUT2D eigenvalue weighted by Crippen LogP contribution is 2.34. The van der Waals surface area contributed by atoms with E-state index in [1.54, 1.807) is 0 Å². The molecule has 0 amide bonds. The van der Waals surface area contributed by atoms with Crippen molar-refractivity contribution in [3.63, 3.8) is 0 Å². The molecule has 0 radical (unpaired) electrons. The second-order valence-electron chi connectivity index (χ2n) is 4.90. The van der Waals surface area contributed by atoms with Crippen LogP contribution in [0, 0.1) is 0 Å². The van der Waals surface area contributed by atoms with Crippen LogP contribution in [-0.2, 0) is 16.0 Å². The molecule has 1 N–H and O–H groups in total. The number of hydrogen-bond acceptors (Lipinski definition) is 3. The molecule has 0 unspecified atom stereocenters. The molecular formula is C15H11F3O4S. The minimum absolute atomic E-state index is 0.0253. The van der Waals surface area contributed by atoms with Gasteiger partial charge in [-0.3, -0.25) is 0 Å². The topological polar surface area (TPSA) is 71.4 Å². The Labute approximate surface area is 130 Å². The molecule has 4 nitrogen and oxygen atoms in total. The van der Waals surface area contributed by atoms with Crippen LogP contribution in [-0.4, -0.2) is 25.7 Å². The molecule has 2 rings (SSSR count). The van der Waals surface area contributed by atoms with E-state index in [9.17, 15) is 26.4 Å². The smallest absolute Gasteiger partial charge is 0.416 e. The predicted octanol–water partition coefficient (Wildman–Crippen LogP) is 3.47. The van der Waals surface area contributed by atoms with Crippen molar-refractivity contribution in [2.75, 3.05) is 6.26 Å². The summed E-state index contributed by atoms with van der Waals surface area (Å²) >= 11 is 0. The highest BCUT2D eigenvalue weighted by Gasteiger charge is 2.32. The predicted molar refractivity (Wildman–Crippen MR) is 76.9 cm³/mol. The molecule has 0 fully saturated rings. The van der Waals surface area contributed by atoms with Crippen molar-refractivity contribution in [2.45, 2.75) is 11.1 Å². The summed E-state index contributed by atoms with van der Waals surface area (Å²) in [5, 5.41) is 8.97. The Morgan fingerprint density at radius 3 is 2.22 bits per heavy atom. The number of carboxylic acids is 1. The zero-order valence-electron chi connectivity index (χ0n) is 11.8. The highest BCUT2D eigenvalue weighted by molar-refractivity contribution is 7.90. The fourth-order valence-electron chi connectivity index (χ4n) is 1.99. The van der Waals surface area contributed by atoms with Crippen molar-refractivity contribution in [2.24, 2.45) is 0 Å². The third-order valence-corrected chi connectivity index (χ3v) is 4.21. The summed E-state index contributed by atoms with van der Waals surface area (Å²) < 4.78 is 61.8. The lowest BCUT2D eigenvalue weighted by Crippen LogP contribution is -2.08. The number of carboxylic acid groups (broad SMARTS) is 1. The first-order chi connectivity index (χ1) is 10.5. The Bertz CT molecular complexity index is 871. The van der Waals surface area contributed by atoms with Gasteiger partial charge in [-0.2, -0.15) is 13.2 Å². The van der Waals surface area contributed by atoms with Crippen molar-refractivity contribution >= 4 is 15.8 Å². The SMILES string of the molecule is CS(=O)(=O)c1cccc(-c2cc(C(=O)O)cc(C(F)(F)F)c2)c1. The van der Waals surface area contributed by atoms with Crippen LogP contribution < -0.4 is 0 Å². The fraction of sp³-hybridized carbons (Fsp3) is 0.133. The van der Waals surface area contributed by atoms with Crippen LogP contribution in [0.2, 0.25) is 0 Å². The number of sulfone groups is 1. The van der Waals surface area contributed by atoms with Gasteiger partial charge in [0.2, 0.25) is 0 Å². The first-order valence-corrected chi connectivity index (χ1v) is 8.14. The van der Waals surface area contributed by atoms with Crippen molar-refractivity contribution in [3.05, 3.63) is 53.6 Å². The maximum atomic E-state index is 12.9. The minimum atomic E-state index is -4.71. The number of aromatic carboxylic acids is 1. The Balaban J connectivity index is 2.68. The summed E-state index contributed by atoms with van der Waals surface area (Å²) in [6.07, 6.45) is -3.74. The van der Waals surface area contributed by atoms with Gasteiger partial charge in [0.25, 0.3) is 0 Å². The van der Waals surface area contributed by atoms with Gasteiger partial charge < -0.3 is 5.11 Å². The lowest BCUT2D eigenvalue weighted by atomic mass is 9.99. The first kappa shape index (κ1) is 17.0. The molecule has 0 aliphatic rings. The molecular weight excluding hydrogens is 333 g/mol. The largest absolute Gasteiger partial charge is 0.478 e. The van der Waals surface area contributed by atoms with Crippen molar-refractivity contribution in [3.8, 4) is 11.1 Å². The summed E-state index contributed by atoms with van der Waals surface area (Å²) in [6.45, 7) is 0. The molecule has 23 heavy (non-hydrogen) atoms. The molecule has 0 saturated heterocycles. The number of halogens is 3. The fourth-order valence-corrected chi connectivity index (χ4v) is 2.65. The van der Waals surface area contributed by atoms with E-state index in [-0.39, 0.29) is 16.0 Å². The molecule has 0 saturated carbocycles. The average Bonchev–Trinajstić information content (AvgIpc) is 2.45. The Hall–Kier alpha value is -2.35. The van der Waals surface area contributed by atoms with Gasteiger partial charge in [0.05, 0.1) is 16.0 Å². The maximum absolute atomic E-state index is 12.9. The molecule has 0 bridgehead atoms. The lowest BCUT2D eigenvalue weighted by Gasteiger charge is -2.11. The van der Waals surface area contributed by atoms with Crippen LogP contribution in [0.3, 0.4) is 0 Å². The van der Waals surface area contributed by atoms with Gasteiger partial charge >= 0.3 is 12.1 Å². The van der Waals surface area contributed by atoms with Gasteiger partial charge in [-0.15, -0.1) is 0 Å². The number of benzene rings is 2. The standard InChI is InChI=1S/C15H11F3O4S/c1-23(21,22)13-4-2-3-9(8-13)10-5-11(14(19)20)7-12(6-10)15(16,17)18/h2-8H,1H3,(H,19,20). The Morgan fingerprint density at radius 2 is 1.70 bits per heavy atom. The average molecular weight is 344 g/mol. The molecule has 2 aromatic carbocycles. The van der Waals surface area contributed by atoms with Crippen molar-refractivity contribution in [1.29, 1.82) is 0 Å². The van der Waals surface area contributed by atoms with Crippen LogP contribution in [0.25, 0.3) is 11.1 Å². The second-order valence-corrected chi connectivity index (χ2v) is 6.92. The molecule has 0 atom stereocenters. The highest BCUT2D eigenvalue weighted by atomic mass is 32.2.